The van der Waals surface area contributed by atoms with Crippen LogP contribution < -0.4 is 50.1 Å². The molecule has 588 valence electrons. The molecular weight excluding hydrogens is 1560 g/mol. The standard InChI is InChI=1S/C27H22ClN3O3S.C15H14ClNO2S.C14H14N2O2.C12H10N2O2.C10H8N2O.C5H8O2.2CH4.ClH.Na.H2O/c1-17(32)23-7-8-24(35-23)18-13-19-14-21(34-27(19)22(28)15-18)16-30-26(33)10-9-25-29-11-12-31(25)20-5-3-2-4-6-20;1-8(18)13-2-3-14(20-13)9-4-10-5-11(7-17)19-15(10)12(16)6-9;1-2-18-14(17)9-8-13-15-10-11-16(13)12-6-4-3-5-7-12;15-12(16)7-6-11-13-8-9-14(11)10-4-2-1-3-5-10;13-8-10-11-6-7-12(10)9-4-2-1-3-5-9;1-3-5(6)7-4-2;;;;;/h2-13,15,21H,14,16H2,1H3,(H,30,33);2-4,6,11H,5,7,17H2,1H3;3-11H,2H2,1H3;1-9H,(H,15,16);1-8H;3H,1,4H2,2H3;2*1H4;1H;;1H2/q;;;;;;;;;+1;/p-1/b10-9+;;9-8+;7-6+;;;;;;;. The molecular formula is C85H86Cl3N10NaO13S2. The number of fused-ring (bicyclic) bond motifs is 2. The molecule has 114 heavy (non-hydrogen) atoms. The summed E-state index contributed by atoms with van der Waals surface area (Å²) in [7, 11) is 0. The molecule has 0 fully saturated rings. The third-order valence-corrected chi connectivity index (χ3v) is 18.8. The number of Topliss-reactive ketones (excluding diaryl/α,β-unsaturated/α-hetero) is 2. The molecule has 2 aliphatic rings. The van der Waals surface area contributed by atoms with Gasteiger partial charge in [0.2, 0.25) is 5.91 Å². The number of esters is 2. The minimum Gasteiger partial charge on any atom is -0.870 e. The average Bonchev–Trinajstić information content (AvgIpc) is 1.64. The molecule has 8 heterocycles. The van der Waals surface area contributed by atoms with Gasteiger partial charge in [-0.1, -0.05) is 117 Å². The molecule has 14 rings (SSSR count). The molecule has 1 amide bonds. The Hall–Kier alpha value is -11.2. The molecule has 29 heteroatoms. The van der Waals surface area contributed by atoms with E-state index in [0.717, 1.165) is 90.2 Å². The van der Waals surface area contributed by atoms with Crippen molar-refractivity contribution in [3.05, 3.63) is 305 Å². The summed E-state index contributed by atoms with van der Waals surface area (Å²) in [5, 5.41) is 12.6. The summed E-state index contributed by atoms with van der Waals surface area (Å²) in [5.41, 5.74) is 13.6. The third-order valence-electron chi connectivity index (χ3n) is 15.7. The topological polar surface area (TPSA) is 316 Å². The summed E-state index contributed by atoms with van der Waals surface area (Å²) in [6, 6.07) is 54.3. The maximum Gasteiger partial charge on any atom is 1.00 e. The monoisotopic (exact) mass is 1650 g/mol. The number of carbonyl (C=O) groups excluding carboxylic acids is 6. The smallest absolute Gasteiger partial charge is 0.870 e. The predicted octanol–water partition coefficient (Wildman–Crippen LogP) is 14.5. The number of nitrogens with zero attached hydrogens (tertiary/aromatic N) is 8. The van der Waals surface area contributed by atoms with E-state index in [0.29, 0.717) is 76.7 Å². The molecule has 5 N–H and O–H groups in total. The van der Waals surface area contributed by atoms with Gasteiger partial charge in [-0.15, -0.1) is 35.1 Å². The Balaban J connectivity index is 0.000000303. The fourth-order valence-electron chi connectivity index (χ4n) is 10.7. The van der Waals surface area contributed by atoms with Gasteiger partial charge in [0.25, 0.3) is 0 Å². The van der Waals surface area contributed by atoms with Crippen molar-refractivity contribution in [3.8, 4) is 55.1 Å². The van der Waals surface area contributed by atoms with Crippen LogP contribution in [0.4, 0.5) is 0 Å². The number of thiophene rings is 2. The summed E-state index contributed by atoms with van der Waals surface area (Å²) in [4.78, 5) is 97.7. The summed E-state index contributed by atoms with van der Waals surface area (Å²) in [6.07, 6.45) is 25.7. The fourth-order valence-corrected chi connectivity index (χ4v) is 13.1. The summed E-state index contributed by atoms with van der Waals surface area (Å²) < 4.78 is 28.4. The number of hydrogen-bond donors (Lipinski definition) is 3. The van der Waals surface area contributed by atoms with E-state index in [1.165, 1.54) is 40.9 Å². The number of aliphatic carboxylic acids is 1. The molecule has 2 aliphatic heterocycles. The second-order valence-corrected chi connectivity index (χ2v) is 26.3. The Morgan fingerprint density at radius 3 is 1.26 bits per heavy atom. The van der Waals surface area contributed by atoms with E-state index in [1.54, 1.807) is 81.6 Å². The van der Waals surface area contributed by atoms with Crippen LogP contribution in [-0.4, -0.2) is 129 Å². The molecule has 0 aliphatic carbocycles. The molecule has 6 aromatic carbocycles. The quantitative estimate of drug-likeness (QED) is 0.0198. The van der Waals surface area contributed by atoms with Crippen molar-refractivity contribution in [1.82, 2.24) is 43.5 Å². The summed E-state index contributed by atoms with van der Waals surface area (Å²) in [6.45, 7) is 11.5. The first-order valence-corrected chi connectivity index (χ1v) is 36.5. The van der Waals surface area contributed by atoms with Crippen LogP contribution in [0.3, 0.4) is 0 Å². The first kappa shape index (κ1) is 95.2. The summed E-state index contributed by atoms with van der Waals surface area (Å²) in [5.74, 6) is 1.96. The van der Waals surface area contributed by atoms with E-state index in [9.17, 15) is 33.6 Å². The van der Waals surface area contributed by atoms with Crippen LogP contribution in [0.1, 0.15) is 101 Å². The number of benzene rings is 6. The van der Waals surface area contributed by atoms with E-state index >= 15 is 0 Å². The van der Waals surface area contributed by atoms with Crippen molar-refractivity contribution < 1.29 is 92.6 Å². The normalized spacial score (nSPS) is 12.2. The summed E-state index contributed by atoms with van der Waals surface area (Å²) >= 11 is 15.7. The zero-order valence-electron chi connectivity index (χ0n) is 61.5. The van der Waals surface area contributed by atoms with Crippen LogP contribution in [0, 0.1) is 0 Å². The number of halogens is 3. The van der Waals surface area contributed by atoms with Gasteiger partial charge < -0.3 is 54.3 Å². The number of carboxylic acids is 1. The van der Waals surface area contributed by atoms with E-state index in [1.807, 2.05) is 190 Å². The van der Waals surface area contributed by atoms with Gasteiger partial charge in [-0.25, -0.2) is 34.3 Å². The van der Waals surface area contributed by atoms with Gasteiger partial charge in [-0.2, -0.15) is 0 Å². The molecule has 12 aromatic rings. The number of nitrogens with two attached hydrogens (primary N) is 1. The molecule has 0 bridgehead atoms. The van der Waals surface area contributed by atoms with Crippen LogP contribution in [-0.2, 0) is 41.5 Å². The van der Waals surface area contributed by atoms with E-state index in [-0.39, 0.29) is 104 Å². The van der Waals surface area contributed by atoms with E-state index < -0.39 is 5.97 Å². The van der Waals surface area contributed by atoms with Crippen molar-refractivity contribution >= 4 is 118 Å². The minimum atomic E-state index is -0.984. The second kappa shape index (κ2) is 48.7. The number of hydrogen-bond acceptors (Lipinski definition) is 19. The van der Waals surface area contributed by atoms with Gasteiger partial charge in [0.15, 0.2) is 23.7 Å². The van der Waals surface area contributed by atoms with Gasteiger partial charge in [-0.05, 0) is 154 Å². The van der Waals surface area contributed by atoms with Crippen molar-refractivity contribution in [3.63, 3.8) is 0 Å². The Morgan fingerprint density at radius 2 is 0.912 bits per heavy atom. The van der Waals surface area contributed by atoms with E-state index in [4.69, 9.17) is 48.3 Å². The Morgan fingerprint density at radius 1 is 0.553 bits per heavy atom. The van der Waals surface area contributed by atoms with Crippen LogP contribution in [0.25, 0.3) is 61.9 Å². The Kier molecular flexibility index (Phi) is 40.6. The number of ketones is 2. The molecule has 6 aromatic heterocycles. The Bertz CT molecular complexity index is 5180. The SMILES string of the molecule is C.C.C=CC(=O)OCC.CC(=O)c1ccc(-c2cc(Cl)c3c(c2)CC(CN)O3)s1.CC(=O)c1ccc(-c2cc(Cl)c3c(c2)CC(CNC(=O)/C=C/c2nccn2-c2ccccc2)O3)s1.CCOC(=O)/C=C/c1nccn1-c1ccccc1.Cl.O=C(O)/C=C/c1nccn1-c1ccccc1.O=Cc1nccn1-c1ccccc1.[Na+].[OH-]. The molecule has 23 nitrogen and oxygen atoms in total. The fraction of sp³-hybridized carbons (Fsp3) is 0.165. The minimum absolute atomic E-state index is 0. The number of carboxylic acid groups (broad SMARTS) is 1. The number of aromatic nitrogens is 8. The van der Waals surface area contributed by atoms with Crippen LogP contribution in [0.5, 0.6) is 11.5 Å². The number of rotatable bonds is 21. The van der Waals surface area contributed by atoms with E-state index in [2.05, 4.69) is 42.6 Å². The van der Waals surface area contributed by atoms with Crippen molar-refractivity contribution in [2.45, 2.75) is 67.6 Å². The van der Waals surface area contributed by atoms with Crippen LogP contribution in [0.2, 0.25) is 10.0 Å². The van der Waals surface area contributed by atoms with Crippen molar-refractivity contribution in [2.24, 2.45) is 5.73 Å². The molecule has 0 saturated carbocycles. The number of nitrogens with one attached hydrogen (secondary N) is 1. The zero-order chi connectivity index (χ0) is 77.6. The van der Waals surface area contributed by atoms with Crippen LogP contribution in [0.15, 0.2) is 250 Å². The number of ether oxygens (including phenoxy) is 4. The first-order valence-electron chi connectivity index (χ1n) is 34.1. The predicted molar refractivity (Wildman–Crippen MR) is 448 cm³/mol. The maximum absolute atomic E-state index is 12.4. The number of amides is 1. The van der Waals surface area contributed by atoms with Crippen molar-refractivity contribution in [2.75, 3.05) is 26.3 Å². The molecule has 0 radical (unpaired) electrons. The largest absolute Gasteiger partial charge is 1.00 e. The Labute approximate surface area is 708 Å². The van der Waals surface area contributed by atoms with Gasteiger partial charge in [0, 0.05) is 137 Å². The van der Waals surface area contributed by atoms with Crippen LogP contribution >= 0.6 is 58.3 Å². The number of para-hydroxylation sites is 4. The van der Waals surface area contributed by atoms with Crippen molar-refractivity contribution in [1.29, 1.82) is 0 Å². The second-order valence-electron chi connectivity index (χ2n) is 23.3. The molecule has 2 unspecified atom stereocenters. The molecule has 2 atom stereocenters. The molecule has 0 saturated heterocycles. The number of imidazole rings is 4. The third kappa shape index (κ3) is 27.6. The zero-order valence-corrected chi connectivity index (χ0v) is 67.5. The maximum atomic E-state index is 12.4. The average molecular weight is 1650 g/mol. The molecule has 0 spiro atoms. The van der Waals surface area contributed by atoms with Gasteiger partial charge in [-0.3, -0.25) is 23.7 Å². The van der Waals surface area contributed by atoms with Gasteiger partial charge in [0.05, 0.1) is 39.6 Å². The number of carbonyl (C=O) groups is 7. The first-order chi connectivity index (χ1) is 52.9. The number of aldehydes is 1. The van der Waals surface area contributed by atoms with Gasteiger partial charge in [0.1, 0.15) is 41.2 Å². The van der Waals surface area contributed by atoms with Gasteiger partial charge >= 0.3 is 47.5 Å².